The smallest absolute Gasteiger partial charge is 0.253 e. The highest BCUT2D eigenvalue weighted by Crippen LogP contribution is 2.21. The fraction of sp³-hybridized carbons (Fsp3) is 0.579. The number of hydrogen-bond acceptors (Lipinski definition) is 4. The molecule has 0 radical (unpaired) electrons. The predicted octanol–water partition coefficient (Wildman–Crippen LogP) is 1.86. The summed E-state index contributed by atoms with van der Waals surface area (Å²) in [5, 5.41) is 0. The largest absolute Gasteiger partial charge is 0.494 e. The fourth-order valence-corrected chi connectivity index (χ4v) is 3.39. The van der Waals surface area contributed by atoms with Crippen molar-refractivity contribution < 1.29 is 19.1 Å². The molecule has 1 atom stereocenters. The van der Waals surface area contributed by atoms with Gasteiger partial charge in [0, 0.05) is 38.3 Å². The maximum absolute atomic E-state index is 12.7. The Labute approximate surface area is 148 Å². The predicted molar refractivity (Wildman–Crippen MR) is 93.8 cm³/mol. The van der Waals surface area contributed by atoms with E-state index in [1.807, 2.05) is 41.8 Å². The second-order valence-electron chi connectivity index (χ2n) is 6.53. The van der Waals surface area contributed by atoms with Gasteiger partial charge in [-0.2, -0.15) is 0 Å². The van der Waals surface area contributed by atoms with Gasteiger partial charge in [-0.25, -0.2) is 0 Å². The molecule has 2 heterocycles. The van der Waals surface area contributed by atoms with Crippen molar-refractivity contribution in [2.24, 2.45) is 0 Å². The van der Waals surface area contributed by atoms with Crippen LogP contribution in [0.4, 0.5) is 0 Å². The first kappa shape index (κ1) is 17.7. The molecule has 0 bridgehead atoms. The van der Waals surface area contributed by atoms with Crippen molar-refractivity contribution in [2.75, 3.05) is 39.4 Å². The molecule has 0 aromatic heterocycles. The highest BCUT2D eigenvalue weighted by atomic mass is 16.5. The summed E-state index contributed by atoms with van der Waals surface area (Å²) < 4.78 is 11.0. The normalized spacial score (nSPS) is 20.6. The van der Waals surface area contributed by atoms with Crippen LogP contribution in [-0.2, 0) is 9.53 Å². The molecule has 1 aromatic carbocycles. The first-order valence-corrected chi connectivity index (χ1v) is 9.03. The molecule has 2 aliphatic rings. The van der Waals surface area contributed by atoms with Crippen LogP contribution in [0.1, 0.15) is 35.7 Å². The average molecular weight is 346 g/mol. The fourth-order valence-electron chi connectivity index (χ4n) is 3.39. The number of aryl methyl sites for hydroxylation is 1. The monoisotopic (exact) mass is 346 g/mol. The molecule has 25 heavy (non-hydrogen) atoms. The number of carbonyl (C=O) groups excluding carboxylic acids is 2. The van der Waals surface area contributed by atoms with Crippen molar-refractivity contribution in [2.45, 2.75) is 32.8 Å². The topological polar surface area (TPSA) is 59.1 Å². The summed E-state index contributed by atoms with van der Waals surface area (Å²) in [4.78, 5) is 28.7. The Kier molecular flexibility index (Phi) is 5.58. The third kappa shape index (κ3) is 3.95. The van der Waals surface area contributed by atoms with Crippen molar-refractivity contribution in [3.8, 4) is 5.75 Å². The van der Waals surface area contributed by atoms with E-state index in [0.29, 0.717) is 45.0 Å². The molecule has 0 saturated carbocycles. The lowest BCUT2D eigenvalue weighted by atomic mass is 10.1. The van der Waals surface area contributed by atoms with Gasteiger partial charge in [-0.3, -0.25) is 9.59 Å². The summed E-state index contributed by atoms with van der Waals surface area (Å²) in [6.07, 6.45) is 1.48. The first-order valence-electron chi connectivity index (χ1n) is 9.03. The van der Waals surface area contributed by atoms with E-state index in [2.05, 4.69) is 0 Å². The van der Waals surface area contributed by atoms with Crippen LogP contribution in [0.15, 0.2) is 18.2 Å². The van der Waals surface area contributed by atoms with Crippen molar-refractivity contribution >= 4 is 11.8 Å². The molecule has 1 aromatic rings. The highest BCUT2D eigenvalue weighted by Gasteiger charge is 2.31. The van der Waals surface area contributed by atoms with E-state index in [1.165, 1.54) is 0 Å². The van der Waals surface area contributed by atoms with Gasteiger partial charge in [0.1, 0.15) is 11.9 Å². The molecule has 0 spiro atoms. The summed E-state index contributed by atoms with van der Waals surface area (Å²) in [5.74, 6) is 0.892. The molecular formula is C19H26N2O4. The Hall–Kier alpha value is -2.08. The molecule has 6 nitrogen and oxygen atoms in total. The number of hydrogen-bond donors (Lipinski definition) is 0. The van der Waals surface area contributed by atoms with E-state index in [1.54, 1.807) is 0 Å². The molecule has 3 rings (SSSR count). The maximum Gasteiger partial charge on any atom is 0.253 e. The number of nitrogens with zero attached hydrogens (tertiary/aromatic N) is 2. The Balaban J connectivity index is 1.58. The molecular weight excluding hydrogens is 320 g/mol. The molecule has 2 fully saturated rings. The van der Waals surface area contributed by atoms with Gasteiger partial charge in [-0.1, -0.05) is 0 Å². The van der Waals surface area contributed by atoms with Crippen LogP contribution < -0.4 is 4.74 Å². The van der Waals surface area contributed by atoms with E-state index in [-0.39, 0.29) is 17.9 Å². The lowest BCUT2D eigenvalue weighted by Crippen LogP contribution is -2.52. The van der Waals surface area contributed by atoms with Crippen LogP contribution in [0.2, 0.25) is 0 Å². The zero-order chi connectivity index (χ0) is 17.8. The number of carbonyl (C=O) groups is 2. The van der Waals surface area contributed by atoms with E-state index >= 15 is 0 Å². The van der Waals surface area contributed by atoms with Crippen LogP contribution >= 0.6 is 0 Å². The van der Waals surface area contributed by atoms with E-state index in [4.69, 9.17) is 9.47 Å². The molecule has 0 aliphatic carbocycles. The van der Waals surface area contributed by atoms with Gasteiger partial charge in [0.2, 0.25) is 0 Å². The Bertz CT molecular complexity index is 632. The summed E-state index contributed by atoms with van der Waals surface area (Å²) in [7, 11) is 0. The Morgan fingerprint density at radius 3 is 2.52 bits per heavy atom. The van der Waals surface area contributed by atoms with Gasteiger partial charge in [0.05, 0.1) is 6.61 Å². The third-order valence-electron chi connectivity index (χ3n) is 4.81. The van der Waals surface area contributed by atoms with Gasteiger partial charge >= 0.3 is 0 Å². The van der Waals surface area contributed by atoms with Crippen LogP contribution in [0.3, 0.4) is 0 Å². The molecule has 0 N–H and O–H groups in total. The van der Waals surface area contributed by atoms with Gasteiger partial charge in [0.25, 0.3) is 11.8 Å². The van der Waals surface area contributed by atoms with Gasteiger partial charge in [-0.05, 0) is 50.5 Å². The van der Waals surface area contributed by atoms with Crippen molar-refractivity contribution in [1.82, 2.24) is 9.80 Å². The molecule has 2 amide bonds. The Morgan fingerprint density at radius 2 is 1.92 bits per heavy atom. The minimum atomic E-state index is -0.281. The van der Waals surface area contributed by atoms with Gasteiger partial charge < -0.3 is 19.3 Å². The summed E-state index contributed by atoms with van der Waals surface area (Å²) in [6, 6.07) is 5.53. The number of rotatable bonds is 4. The first-order chi connectivity index (χ1) is 12.1. The van der Waals surface area contributed by atoms with Crippen LogP contribution in [-0.4, -0.2) is 67.1 Å². The molecule has 6 heteroatoms. The number of benzene rings is 1. The van der Waals surface area contributed by atoms with Crippen LogP contribution in [0, 0.1) is 6.92 Å². The van der Waals surface area contributed by atoms with E-state index < -0.39 is 0 Å². The second-order valence-corrected chi connectivity index (χ2v) is 6.53. The zero-order valence-corrected chi connectivity index (χ0v) is 15.0. The Morgan fingerprint density at radius 1 is 1.20 bits per heavy atom. The zero-order valence-electron chi connectivity index (χ0n) is 15.0. The van der Waals surface area contributed by atoms with Crippen LogP contribution in [0.25, 0.3) is 0 Å². The minimum Gasteiger partial charge on any atom is -0.494 e. The van der Waals surface area contributed by atoms with Crippen molar-refractivity contribution in [3.63, 3.8) is 0 Å². The van der Waals surface area contributed by atoms with Crippen molar-refractivity contribution in [3.05, 3.63) is 29.3 Å². The van der Waals surface area contributed by atoms with E-state index in [0.717, 1.165) is 24.2 Å². The average Bonchev–Trinajstić information content (AvgIpc) is 3.17. The molecule has 136 valence electrons. The summed E-state index contributed by atoms with van der Waals surface area (Å²) in [5.41, 5.74) is 1.62. The van der Waals surface area contributed by atoms with Gasteiger partial charge in [0.15, 0.2) is 0 Å². The lowest BCUT2D eigenvalue weighted by Gasteiger charge is -2.35. The maximum atomic E-state index is 12.7. The molecule has 1 unspecified atom stereocenters. The number of ether oxygens (including phenoxy) is 2. The highest BCUT2D eigenvalue weighted by molar-refractivity contribution is 5.95. The summed E-state index contributed by atoms with van der Waals surface area (Å²) in [6.45, 7) is 7.42. The standard InChI is InChI=1S/C19H26N2O4/c1-3-24-16-7-6-15(13-14(16)2)18(22)20-8-10-21(11-9-20)19(23)17-5-4-12-25-17/h6-7,13,17H,3-5,8-12H2,1-2H3. The lowest BCUT2D eigenvalue weighted by molar-refractivity contribution is -0.142. The van der Waals surface area contributed by atoms with Crippen LogP contribution in [0.5, 0.6) is 5.75 Å². The van der Waals surface area contributed by atoms with Gasteiger partial charge in [-0.15, -0.1) is 0 Å². The SMILES string of the molecule is CCOc1ccc(C(=O)N2CCN(C(=O)C3CCCO3)CC2)cc1C. The minimum absolute atomic E-state index is 0.00960. The number of piperazine rings is 1. The van der Waals surface area contributed by atoms with Crippen molar-refractivity contribution in [1.29, 1.82) is 0 Å². The summed E-state index contributed by atoms with van der Waals surface area (Å²) >= 11 is 0. The molecule has 2 saturated heterocycles. The quantitative estimate of drug-likeness (QED) is 0.835. The second kappa shape index (κ2) is 7.87. The molecule has 2 aliphatic heterocycles. The van der Waals surface area contributed by atoms with E-state index in [9.17, 15) is 9.59 Å². The third-order valence-corrected chi connectivity index (χ3v) is 4.81. The number of amides is 2.